The predicted molar refractivity (Wildman–Crippen MR) is 91.3 cm³/mol. The van der Waals surface area contributed by atoms with Gasteiger partial charge in [0.1, 0.15) is 5.75 Å². The lowest BCUT2D eigenvalue weighted by Crippen LogP contribution is -2.14. The first-order chi connectivity index (χ1) is 10.6. The Balaban J connectivity index is 2.15. The summed E-state index contributed by atoms with van der Waals surface area (Å²) < 4.78 is 5.67. The average Bonchev–Trinajstić information content (AvgIpc) is 2.47. The first kappa shape index (κ1) is 16.7. The maximum absolute atomic E-state index is 12.4. The smallest absolute Gasteiger partial charge is 0.259 e. The molecule has 116 valence electrons. The van der Waals surface area contributed by atoms with Gasteiger partial charge in [-0.25, -0.2) is 0 Å². The van der Waals surface area contributed by atoms with Gasteiger partial charge in [0.2, 0.25) is 0 Å². The van der Waals surface area contributed by atoms with Crippen LogP contribution in [-0.2, 0) is 0 Å². The number of rotatable bonds is 6. The fourth-order valence-electron chi connectivity index (χ4n) is 1.93. The molecule has 2 aromatic carbocycles. The van der Waals surface area contributed by atoms with Crippen molar-refractivity contribution in [3.8, 4) is 5.75 Å². The molecule has 22 heavy (non-hydrogen) atoms. The van der Waals surface area contributed by atoms with Crippen LogP contribution in [0.5, 0.6) is 5.75 Å². The first-order valence-corrected chi connectivity index (χ1v) is 7.85. The van der Waals surface area contributed by atoms with Crippen LogP contribution < -0.4 is 10.1 Å². The molecule has 0 aliphatic carbocycles. The number of para-hydroxylation sites is 1. The van der Waals surface area contributed by atoms with Crippen molar-refractivity contribution in [1.82, 2.24) is 0 Å². The molecule has 0 atom stereocenters. The number of benzene rings is 2. The van der Waals surface area contributed by atoms with E-state index in [1.54, 1.807) is 36.4 Å². The standard InChI is InChI=1S/C17H17Cl2NO2/c1-2-3-8-22-16-7-5-4-6-15(16)17(21)20-14-10-12(18)9-13(19)11-14/h4-7,9-11H,2-3,8H2,1H3,(H,20,21). The first-order valence-electron chi connectivity index (χ1n) is 7.09. The molecule has 0 spiro atoms. The van der Waals surface area contributed by atoms with E-state index in [1.807, 2.05) is 6.07 Å². The molecule has 2 aromatic rings. The molecule has 1 amide bonds. The van der Waals surface area contributed by atoms with E-state index < -0.39 is 0 Å². The number of ether oxygens (including phenoxy) is 1. The van der Waals surface area contributed by atoms with Crippen LogP contribution in [0.1, 0.15) is 30.1 Å². The second-order valence-electron chi connectivity index (χ2n) is 4.81. The van der Waals surface area contributed by atoms with Crippen molar-refractivity contribution in [2.75, 3.05) is 11.9 Å². The molecular weight excluding hydrogens is 321 g/mol. The normalized spacial score (nSPS) is 10.3. The Bertz CT molecular complexity index is 639. The highest BCUT2D eigenvalue weighted by Crippen LogP contribution is 2.24. The highest BCUT2D eigenvalue weighted by atomic mass is 35.5. The number of unbranched alkanes of at least 4 members (excludes halogenated alkanes) is 1. The molecule has 5 heteroatoms. The monoisotopic (exact) mass is 337 g/mol. The summed E-state index contributed by atoms with van der Waals surface area (Å²) in [5.41, 5.74) is 1.03. The average molecular weight is 338 g/mol. The summed E-state index contributed by atoms with van der Waals surface area (Å²) in [5, 5.41) is 3.72. The van der Waals surface area contributed by atoms with Gasteiger partial charge in [0.05, 0.1) is 12.2 Å². The fraction of sp³-hybridized carbons (Fsp3) is 0.235. The minimum absolute atomic E-state index is 0.259. The van der Waals surface area contributed by atoms with E-state index in [4.69, 9.17) is 27.9 Å². The Hall–Kier alpha value is -1.71. The van der Waals surface area contributed by atoms with E-state index in [0.717, 1.165) is 12.8 Å². The molecule has 0 aromatic heterocycles. The molecular formula is C17H17Cl2NO2. The van der Waals surface area contributed by atoms with Crippen molar-refractivity contribution >= 4 is 34.8 Å². The van der Waals surface area contributed by atoms with Gasteiger partial charge >= 0.3 is 0 Å². The number of anilines is 1. The lowest BCUT2D eigenvalue weighted by Gasteiger charge is -2.12. The van der Waals surface area contributed by atoms with Crippen LogP contribution >= 0.6 is 23.2 Å². The topological polar surface area (TPSA) is 38.3 Å². The number of hydrogen-bond donors (Lipinski definition) is 1. The maximum Gasteiger partial charge on any atom is 0.259 e. The summed E-state index contributed by atoms with van der Waals surface area (Å²) in [5.74, 6) is 0.312. The third kappa shape index (κ3) is 4.65. The van der Waals surface area contributed by atoms with E-state index in [-0.39, 0.29) is 5.91 Å². The lowest BCUT2D eigenvalue weighted by molar-refractivity contribution is 0.102. The summed E-state index contributed by atoms with van der Waals surface area (Å²) >= 11 is 11.9. The molecule has 1 N–H and O–H groups in total. The van der Waals surface area contributed by atoms with Crippen LogP contribution in [0.2, 0.25) is 10.0 Å². The van der Waals surface area contributed by atoms with Crippen molar-refractivity contribution < 1.29 is 9.53 Å². The van der Waals surface area contributed by atoms with E-state index in [0.29, 0.717) is 33.7 Å². The van der Waals surface area contributed by atoms with E-state index in [9.17, 15) is 4.79 Å². The van der Waals surface area contributed by atoms with Crippen LogP contribution in [0, 0.1) is 0 Å². The molecule has 0 fully saturated rings. The van der Waals surface area contributed by atoms with Gasteiger partial charge < -0.3 is 10.1 Å². The summed E-state index contributed by atoms with van der Waals surface area (Å²) in [6.07, 6.45) is 1.98. The molecule has 3 nitrogen and oxygen atoms in total. The van der Waals surface area contributed by atoms with Crippen LogP contribution in [0.15, 0.2) is 42.5 Å². The number of carbonyl (C=O) groups is 1. The predicted octanol–water partition coefficient (Wildman–Crippen LogP) is 5.42. The number of hydrogen-bond acceptors (Lipinski definition) is 2. The van der Waals surface area contributed by atoms with Crippen molar-refractivity contribution in [3.63, 3.8) is 0 Å². The zero-order chi connectivity index (χ0) is 15.9. The molecule has 0 unspecified atom stereocenters. The molecule has 0 aliphatic rings. The van der Waals surface area contributed by atoms with Gasteiger partial charge in [-0.15, -0.1) is 0 Å². The van der Waals surface area contributed by atoms with Crippen molar-refractivity contribution in [2.45, 2.75) is 19.8 Å². The SMILES string of the molecule is CCCCOc1ccccc1C(=O)Nc1cc(Cl)cc(Cl)c1. The summed E-state index contributed by atoms with van der Waals surface area (Å²) in [6, 6.07) is 12.1. The van der Waals surface area contributed by atoms with Gasteiger partial charge in [-0.3, -0.25) is 4.79 Å². The molecule has 0 saturated heterocycles. The Labute approximate surface area is 140 Å². The highest BCUT2D eigenvalue weighted by molar-refractivity contribution is 6.35. The van der Waals surface area contributed by atoms with Gasteiger partial charge in [0.25, 0.3) is 5.91 Å². The molecule has 2 rings (SSSR count). The van der Waals surface area contributed by atoms with Gasteiger partial charge in [-0.1, -0.05) is 48.7 Å². The molecule has 0 saturated carbocycles. The van der Waals surface area contributed by atoms with Crippen molar-refractivity contribution in [3.05, 3.63) is 58.1 Å². The molecule has 0 radical (unpaired) electrons. The van der Waals surface area contributed by atoms with Gasteiger partial charge in [0.15, 0.2) is 0 Å². The van der Waals surface area contributed by atoms with Gasteiger partial charge in [-0.05, 0) is 36.8 Å². The van der Waals surface area contributed by atoms with E-state index >= 15 is 0 Å². The lowest BCUT2D eigenvalue weighted by atomic mass is 10.2. The van der Waals surface area contributed by atoms with E-state index in [2.05, 4.69) is 12.2 Å². The second-order valence-corrected chi connectivity index (χ2v) is 5.68. The highest BCUT2D eigenvalue weighted by Gasteiger charge is 2.12. The fourth-order valence-corrected chi connectivity index (χ4v) is 2.46. The Morgan fingerprint density at radius 3 is 2.50 bits per heavy atom. The Kier molecular flexibility index (Phi) is 6.10. The number of nitrogens with one attached hydrogen (secondary N) is 1. The van der Waals surface area contributed by atoms with Crippen LogP contribution in [0.25, 0.3) is 0 Å². The maximum atomic E-state index is 12.4. The third-order valence-electron chi connectivity index (χ3n) is 3.01. The van der Waals surface area contributed by atoms with Crippen LogP contribution in [0.4, 0.5) is 5.69 Å². The Morgan fingerprint density at radius 2 is 1.82 bits per heavy atom. The zero-order valence-electron chi connectivity index (χ0n) is 12.2. The zero-order valence-corrected chi connectivity index (χ0v) is 13.7. The van der Waals surface area contributed by atoms with Crippen molar-refractivity contribution in [1.29, 1.82) is 0 Å². The van der Waals surface area contributed by atoms with Gasteiger partial charge in [-0.2, -0.15) is 0 Å². The van der Waals surface area contributed by atoms with Crippen molar-refractivity contribution in [2.24, 2.45) is 0 Å². The van der Waals surface area contributed by atoms with Crippen LogP contribution in [0.3, 0.4) is 0 Å². The number of amides is 1. The second kappa shape index (κ2) is 8.06. The molecule has 0 bridgehead atoms. The summed E-state index contributed by atoms with van der Waals surface area (Å²) in [7, 11) is 0. The minimum atomic E-state index is -0.259. The van der Waals surface area contributed by atoms with Gasteiger partial charge in [0, 0.05) is 15.7 Å². The number of carbonyl (C=O) groups excluding carboxylic acids is 1. The number of halogens is 2. The summed E-state index contributed by atoms with van der Waals surface area (Å²) in [4.78, 5) is 12.4. The summed E-state index contributed by atoms with van der Waals surface area (Å²) in [6.45, 7) is 2.68. The molecule has 0 aliphatic heterocycles. The third-order valence-corrected chi connectivity index (χ3v) is 3.44. The van der Waals surface area contributed by atoms with E-state index in [1.165, 1.54) is 0 Å². The Morgan fingerprint density at radius 1 is 1.14 bits per heavy atom. The minimum Gasteiger partial charge on any atom is -0.493 e. The molecule has 0 heterocycles. The largest absolute Gasteiger partial charge is 0.493 e. The van der Waals surface area contributed by atoms with Crippen LogP contribution in [-0.4, -0.2) is 12.5 Å². The quantitative estimate of drug-likeness (QED) is 0.714.